The molecule has 2 amide bonds. The van der Waals surface area contributed by atoms with E-state index in [1.54, 1.807) is 0 Å². The number of alkyl halides is 3. The fourth-order valence-corrected chi connectivity index (χ4v) is 3.79. The molecular weight excluding hydrogens is 378 g/mol. The van der Waals surface area contributed by atoms with Crippen molar-refractivity contribution in [1.82, 2.24) is 4.90 Å². The number of sulfone groups is 1. The number of carbonyl (C=O) groups excluding carboxylic acids is 1. The number of likely N-dealkylation sites (tertiary alicyclic amines) is 1. The zero-order chi connectivity index (χ0) is 19.2. The number of rotatable bonds is 2. The van der Waals surface area contributed by atoms with Gasteiger partial charge in [-0.15, -0.1) is 0 Å². The summed E-state index contributed by atoms with van der Waals surface area (Å²) in [7, 11) is -4.12. The minimum Gasteiger partial charge on any atom is -0.323 e. The van der Waals surface area contributed by atoms with E-state index in [-0.39, 0.29) is 0 Å². The maximum atomic E-state index is 13.5. The number of amides is 2. The minimum atomic E-state index is -4.87. The van der Waals surface area contributed by atoms with Gasteiger partial charge in [-0.3, -0.25) is 0 Å². The molecule has 12 heteroatoms. The van der Waals surface area contributed by atoms with Crippen LogP contribution in [0, 0.1) is 23.4 Å². The van der Waals surface area contributed by atoms with Crippen LogP contribution in [0.5, 0.6) is 0 Å². The first-order valence-electron chi connectivity index (χ1n) is 6.77. The molecule has 0 saturated carbocycles. The Morgan fingerprint density at radius 3 is 2.24 bits per heavy atom. The lowest BCUT2D eigenvalue weighted by atomic mass is 10.1. The zero-order valence-electron chi connectivity index (χ0n) is 12.6. The molecule has 1 aromatic rings. The Morgan fingerprint density at radius 2 is 1.76 bits per heavy atom. The number of nitrogens with zero attached hydrogens (tertiary/aromatic N) is 1. The highest BCUT2D eigenvalue weighted by atomic mass is 32.2. The van der Waals surface area contributed by atoms with E-state index < -0.39 is 69.4 Å². The summed E-state index contributed by atoms with van der Waals surface area (Å²) in [4.78, 5) is 12.5. The molecule has 25 heavy (non-hydrogen) atoms. The first-order valence-corrected chi connectivity index (χ1v) is 8.73. The highest BCUT2D eigenvalue weighted by Crippen LogP contribution is 2.37. The van der Waals surface area contributed by atoms with E-state index in [4.69, 9.17) is 0 Å². The van der Waals surface area contributed by atoms with Crippen molar-refractivity contribution in [2.45, 2.75) is 11.4 Å². The summed E-state index contributed by atoms with van der Waals surface area (Å²) in [6.07, 6.45) is -4.25. The van der Waals surface area contributed by atoms with E-state index in [2.05, 4.69) is 0 Å². The maximum Gasteiger partial charge on any atom is 0.394 e. The molecule has 0 spiro atoms. The van der Waals surface area contributed by atoms with Crippen LogP contribution in [0.25, 0.3) is 0 Å². The largest absolute Gasteiger partial charge is 0.394 e. The summed E-state index contributed by atoms with van der Waals surface area (Å²) in [5, 5.41) is -0.0602. The molecule has 1 fully saturated rings. The topological polar surface area (TPSA) is 66.5 Å². The van der Waals surface area contributed by atoms with E-state index in [0.717, 1.165) is 0 Å². The molecule has 1 N–H and O–H groups in total. The van der Waals surface area contributed by atoms with Gasteiger partial charge in [0.15, 0.2) is 27.3 Å². The highest BCUT2D eigenvalue weighted by Gasteiger charge is 2.54. The van der Waals surface area contributed by atoms with Gasteiger partial charge in [0.25, 0.3) is 0 Å². The number of hydrogen-bond donors (Lipinski definition) is 1. The minimum absolute atomic E-state index is 0.524. The number of carbonyl (C=O) groups is 1. The van der Waals surface area contributed by atoms with Gasteiger partial charge in [0, 0.05) is 19.3 Å². The SMILES string of the molecule is CS(=O)(=O)[C@@H]1CN(C(=O)Nc2ccc(F)c(F)c2F)C[C@H]1C(F)(F)F. The highest BCUT2D eigenvalue weighted by molar-refractivity contribution is 7.91. The number of halogens is 6. The number of nitrogens with one attached hydrogen (secondary N) is 1. The summed E-state index contributed by atoms with van der Waals surface area (Å²) >= 11 is 0. The lowest BCUT2D eigenvalue weighted by molar-refractivity contribution is -0.168. The molecule has 0 aromatic heterocycles. The molecule has 1 heterocycles. The smallest absolute Gasteiger partial charge is 0.323 e. The van der Waals surface area contributed by atoms with Crippen molar-refractivity contribution in [2.75, 3.05) is 24.7 Å². The van der Waals surface area contributed by atoms with Crippen LogP contribution in [0.1, 0.15) is 0 Å². The van der Waals surface area contributed by atoms with Crippen molar-refractivity contribution in [3.8, 4) is 0 Å². The molecule has 5 nitrogen and oxygen atoms in total. The van der Waals surface area contributed by atoms with Crippen LogP contribution in [-0.2, 0) is 9.84 Å². The Bertz CT molecular complexity index is 796. The lowest BCUT2D eigenvalue weighted by Crippen LogP contribution is -2.37. The van der Waals surface area contributed by atoms with Gasteiger partial charge in [-0.1, -0.05) is 0 Å². The molecule has 0 radical (unpaired) electrons. The molecule has 0 bridgehead atoms. The van der Waals surface area contributed by atoms with Gasteiger partial charge in [-0.25, -0.2) is 26.4 Å². The third-order valence-electron chi connectivity index (χ3n) is 3.80. The summed E-state index contributed by atoms with van der Waals surface area (Å²) in [6.45, 7) is -1.72. The maximum absolute atomic E-state index is 13.5. The van der Waals surface area contributed by atoms with Crippen molar-refractivity contribution < 1.29 is 39.6 Å². The van der Waals surface area contributed by atoms with Crippen LogP contribution in [0.15, 0.2) is 12.1 Å². The summed E-state index contributed by atoms with van der Waals surface area (Å²) in [5.41, 5.74) is -0.782. The molecule has 1 aliphatic heterocycles. The third kappa shape index (κ3) is 3.99. The van der Waals surface area contributed by atoms with Gasteiger partial charge in [0.1, 0.15) is 0 Å². The van der Waals surface area contributed by atoms with Crippen LogP contribution in [0.4, 0.5) is 36.8 Å². The first-order chi connectivity index (χ1) is 11.3. The second-order valence-electron chi connectivity index (χ2n) is 5.57. The van der Waals surface area contributed by atoms with Crippen molar-refractivity contribution in [3.63, 3.8) is 0 Å². The standard InChI is InChI=1S/C13H12F6N2O3S/c1-25(23,24)9-5-21(4-6(9)13(17,18)19)12(22)20-8-3-2-7(14)10(15)11(8)16/h2-3,6,9H,4-5H2,1H3,(H,20,22)/t6-,9-/m1/s1. The van der Waals surface area contributed by atoms with Crippen molar-refractivity contribution >= 4 is 21.6 Å². The molecule has 2 atom stereocenters. The molecule has 140 valence electrons. The quantitative estimate of drug-likeness (QED) is 0.624. The predicted octanol–water partition coefficient (Wildman–Crippen LogP) is 2.54. The number of anilines is 1. The normalized spacial score (nSPS) is 21.5. The second-order valence-corrected chi connectivity index (χ2v) is 7.84. The van der Waals surface area contributed by atoms with Gasteiger partial charge >= 0.3 is 12.2 Å². The van der Waals surface area contributed by atoms with E-state index in [1.165, 1.54) is 0 Å². The molecule has 0 unspecified atom stereocenters. The average Bonchev–Trinajstić information content (AvgIpc) is 2.93. The van der Waals surface area contributed by atoms with Crippen LogP contribution in [-0.4, -0.2) is 50.1 Å². The monoisotopic (exact) mass is 390 g/mol. The van der Waals surface area contributed by atoms with E-state index in [9.17, 15) is 39.6 Å². The summed E-state index contributed by atoms with van der Waals surface area (Å²) in [5.74, 6) is -7.39. The van der Waals surface area contributed by atoms with Crippen molar-refractivity contribution in [1.29, 1.82) is 0 Å². The first kappa shape index (κ1) is 19.3. The van der Waals surface area contributed by atoms with Gasteiger partial charge in [-0.05, 0) is 12.1 Å². The third-order valence-corrected chi connectivity index (χ3v) is 5.38. The lowest BCUT2D eigenvalue weighted by Gasteiger charge is -2.19. The van der Waals surface area contributed by atoms with Gasteiger partial charge in [0.05, 0.1) is 16.9 Å². The average molecular weight is 390 g/mol. The van der Waals surface area contributed by atoms with E-state index >= 15 is 0 Å². The Kier molecular flexibility index (Phi) is 4.94. The number of urea groups is 1. The Hall–Kier alpha value is -1.98. The predicted molar refractivity (Wildman–Crippen MR) is 75.1 cm³/mol. The Balaban J connectivity index is 2.22. The van der Waals surface area contributed by atoms with Crippen molar-refractivity contribution in [2.24, 2.45) is 5.92 Å². The van der Waals surface area contributed by atoms with E-state index in [1.807, 2.05) is 5.32 Å². The van der Waals surface area contributed by atoms with Crippen molar-refractivity contribution in [3.05, 3.63) is 29.6 Å². The second kappa shape index (κ2) is 6.39. The number of hydrogen-bond acceptors (Lipinski definition) is 3. The fourth-order valence-electron chi connectivity index (χ4n) is 2.50. The molecule has 1 saturated heterocycles. The fraction of sp³-hybridized carbons (Fsp3) is 0.462. The van der Waals surface area contributed by atoms with Crippen LogP contribution < -0.4 is 5.32 Å². The van der Waals surface area contributed by atoms with Gasteiger partial charge < -0.3 is 10.2 Å². The summed E-state index contributed by atoms with van der Waals surface area (Å²) in [6, 6.07) is -0.0439. The van der Waals surface area contributed by atoms with Crippen LogP contribution in [0.3, 0.4) is 0 Å². The van der Waals surface area contributed by atoms with Gasteiger partial charge in [0.2, 0.25) is 0 Å². The Labute approximate surface area is 138 Å². The molecule has 1 aromatic carbocycles. The summed E-state index contributed by atoms with van der Waals surface area (Å²) < 4.78 is 102. The Morgan fingerprint density at radius 1 is 1.16 bits per heavy atom. The van der Waals surface area contributed by atoms with Crippen LogP contribution in [0.2, 0.25) is 0 Å². The van der Waals surface area contributed by atoms with E-state index in [0.29, 0.717) is 23.3 Å². The molecule has 0 aliphatic carbocycles. The van der Waals surface area contributed by atoms with Gasteiger partial charge in [-0.2, -0.15) is 13.2 Å². The zero-order valence-corrected chi connectivity index (χ0v) is 13.4. The molecule has 2 rings (SSSR count). The number of benzene rings is 1. The molecular formula is C13H12F6N2O3S. The van der Waals surface area contributed by atoms with Crippen LogP contribution >= 0.6 is 0 Å². The molecule has 1 aliphatic rings.